The largest absolute Gasteiger partial charge is 0.496 e. The highest BCUT2D eigenvalue weighted by molar-refractivity contribution is 5.37. The highest BCUT2D eigenvalue weighted by Crippen LogP contribution is 2.40. The van der Waals surface area contributed by atoms with Crippen LogP contribution in [0, 0.1) is 5.92 Å². The molecule has 1 aromatic carbocycles. The van der Waals surface area contributed by atoms with Gasteiger partial charge in [-0.05, 0) is 44.6 Å². The SMILES string of the molecule is CCNCC1CCN(CC)C1c1ccccc1OC. The van der Waals surface area contributed by atoms with E-state index in [1.807, 2.05) is 6.07 Å². The number of hydrogen-bond acceptors (Lipinski definition) is 3. The molecule has 0 aliphatic carbocycles. The molecule has 0 aromatic heterocycles. The van der Waals surface area contributed by atoms with Gasteiger partial charge in [0, 0.05) is 11.6 Å². The summed E-state index contributed by atoms with van der Waals surface area (Å²) in [6.45, 7) is 8.85. The summed E-state index contributed by atoms with van der Waals surface area (Å²) in [5, 5.41) is 3.50. The lowest BCUT2D eigenvalue weighted by Crippen LogP contribution is -2.30. The van der Waals surface area contributed by atoms with Crippen molar-refractivity contribution in [1.82, 2.24) is 10.2 Å². The Bertz CT molecular complexity index is 394. The Hall–Kier alpha value is -1.06. The predicted octanol–water partition coefficient (Wildman–Crippen LogP) is 2.69. The van der Waals surface area contributed by atoms with Gasteiger partial charge >= 0.3 is 0 Å². The number of hydrogen-bond donors (Lipinski definition) is 1. The minimum absolute atomic E-state index is 0.486. The minimum atomic E-state index is 0.486. The normalized spacial score (nSPS) is 23.7. The van der Waals surface area contributed by atoms with Gasteiger partial charge < -0.3 is 10.1 Å². The predicted molar refractivity (Wildman–Crippen MR) is 79.6 cm³/mol. The van der Waals surface area contributed by atoms with Crippen molar-refractivity contribution in [3.63, 3.8) is 0 Å². The number of para-hydroxylation sites is 1. The first-order valence-electron chi connectivity index (χ1n) is 7.39. The number of likely N-dealkylation sites (tertiary alicyclic amines) is 1. The summed E-state index contributed by atoms with van der Waals surface area (Å²) in [6, 6.07) is 8.95. The number of nitrogens with one attached hydrogen (secondary N) is 1. The van der Waals surface area contributed by atoms with E-state index in [0.29, 0.717) is 12.0 Å². The van der Waals surface area contributed by atoms with E-state index < -0.39 is 0 Å². The highest BCUT2D eigenvalue weighted by Gasteiger charge is 2.35. The van der Waals surface area contributed by atoms with Crippen molar-refractivity contribution in [2.75, 3.05) is 33.3 Å². The van der Waals surface area contributed by atoms with Crippen molar-refractivity contribution in [2.24, 2.45) is 5.92 Å². The fourth-order valence-corrected chi connectivity index (χ4v) is 3.19. The van der Waals surface area contributed by atoms with Gasteiger partial charge in [0.2, 0.25) is 0 Å². The maximum atomic E-state index is 5.56. The van der Waals surface area contributed by atoms with Gasteiger partial charge in [-0.1, -0.05) is 32.0 Å². The molecule has 2 atom stereocenters. The second-order valence-electron chi connectivity index (χ2n) is 5.17. The molecule has 1 aromatic rings. The van der Waals surface area contributed by atoms with E-state index in [0.717, 1.165) is 25.4 Å². The topological polar surface area (TPSA) is 24.5 Å². The van der Waals surface area contributed by atoms with Crippen LogP contribution >= 0.6 is 0 Å². The Kier molecular flexibility index (Phi) is 5.23. The summed E-state index contributed by atoms with van der Waals surface area (Å²) >= 11 is 0. The first-order valence-corrected chi connectivity index (χ1v) is 7.39. The molecule has 0 saturated carbocycles. The van der Waals surface area contributed by atoms with E-state index in [1.54, 1.807) is 7.11 Å². The molecule has 19 heavy (non-hydrogen) atoms. The number of nitrogens with zero attached hydrogens (tertiary/aromatic N) is 1. The molecule has 3 heteroatoms. The van der Waals surface area contributed by atoms with Crippen molar-refractivity contribution in [3.05, 3.63) is 29.8 Å². The van der Waals surface area contributed by atoms with Crippen LogP contribution in [0.1, 0.15) is 31.9 Å². The minimum Gasteiger partial charge on any atom is -0.496 e. The van der Waals surface area contributed by atoms with Crippen molar-refractivity contribution in [2.45, 2.75) is 26.3 Å². The zero-order valence-electron chi connectivity index (χ0n) is 12.4. The first kappa shape index (κ1) is 14.4. The fourth-order valence-electron chi connectivity index (χ4n) is 3.19. The van der Waals surface area contributed by atoms with Crippen LogP contribution < -0.4 is 10.1 Å². The molecule has 0 spiro atoms. The molecule has 1 aliphatic heterocycles. The average molecular weight is 262 g/mol. The van der Waals surface area contributed by atoms with Gasteiger partial charge in [-0.3, -0.25) is 4.90 Å². The van der Waals surface area contributed by atoms with E-state index in [9.17, 15) is 0 Å². The maximum absolute atomic E-state index is 5.56. The van der Waals surface area contributed by atoms with Gasteiger partial charge in [-0.25, -0.2) is 0 Å². The van der Waals surface area contributed by atoms with E-state index >= 15 is 0 Å². The Morgan fingerprint density at radius 3 is 2.79 bits per heavy atom. The lowest BCUT2D eigenvalue weighted by Gasteiger charge is -2.29. The smallest absolute Gasteiger partial charge is 0.123 e. The van der Waals surface area contributed by atoms with E-state index in [2.05, 4.69) is 42.3 Å². The molecule has 1 fully saturated rings. The molecule has 2 rings (SSSR count). The Labute approximate surface area is 116 Å². The molecule has 0 radical (unpaired) electrons. The average Bonchev–Trinajstić information content (AvgIpc) is 2.87. The fraction of sp³-hybridized carbons (Fsp3) is 0.625. The first-order chi connectivity index (χ1) is 9.31. The van der Waals surface area contributed by atoms with Crippen LogP contribution in [0.15, 0.2) is 24.3 Å². The zero-order valence-corrected chi connectivity index (χ0v) is 12.4. The Balaban J connectivity index is 2.25. The van der Waals surface area contributed by atoms with Crippen LogP contribution in [0.2, 0.25) is 0 Å². The summed E-state index contributed by atoms with van der Waals surface area (Å²) in [4.78, 5) is 2.57. The van der Waals surface area contributed by atoms with Crippen LogP contribution in [0.3, 0.4) is 0 Å². The van der Waals surface area contributed by atoms with Crippen LogP contribution in [-0.2, 0) is 0 Å². The number of rotatable bonds is 6. The van der Waals surface area contributed by atoms with Crippen molar-refractivity contribution in [3.8, 4) is 5.75 Å². The number of ether oxygens (including phenoxy) is 1. The van der Waals surface area contributed by atoms with Gasteiger partial charge in [0.25, 0.3) is 0 Å². The highest BCUT2D eigenvalue weighted by atomic mass is 16.5. The maximum Gasteiger partial charge on any atom is 0.123 e. The van der Waals surface area contributed by atoms with Gasteiger partial charge in [-0.15, -0.1) is 0 Å². The molecule has 1 N–H and O–H groups in total. The Morgan fingerprint density at radius 1 is 1.32 bits per heavy atom. The van der Waals surface area contributed by atoms with E-state index in [-0.39, 0.29) is 0 Å². The molecule has 3 nitrogen and oxygen atoms in total. The third kappa shape index (κ3) is 3.10. The third-order valence-electron chi connectivity index (χ3n) is 4.15. The van der Waals surface area contributed by atoms with Crippen molar-refractivity contribution < 1.29 is 4.74 Å². The molecule has 2 unspecified atom stereocenters. The molecule has 0 amide bonds. The summed E-state index contributed by atoms with van der Waals surface area (Å²) in [5.41, 5.74) is 1.34. The van der Waals surface area contributed by atoms with Crippen LogP contribution in [-0.4, -0.2) is 38.2 Å². The number of benzene rings is 1. The third-order valence-corrected chi connectivity index (χ3v) is 4.15. The second kappa shape index (κ2) is 6.92. The van der Waals surface area contributed by atoms with Crippen molar-refractivity contribution in [1.29, 1.82) is 0 Å². The van der Waals surface area contributed by atoms with Crippen LogP contribution in [0.5, 0.6) is 5.75 Å². The van der Waals surface area contributed by atoms with E-state index in [4.69, 9.17) is 4.74 Å². The standard InChI is InChI=1S/C16H26N2O/c1-4-17-12-13-10-11-18(5-2)16(13)14-8-6-7-9-15(14)19-3/h6-9,13,16-17H,4-5,10-12H2,1-3H3. The summed E-state index contributed by atoms with van der Waals surface area (Å²) in [6.07, 6.45) is 1.27. The monoisotopic (exact) mass is 262 g/mol. The van der Waals surface area contributed by atoms with E-state index in [1.165, 1.54) is 18.5 Å². The van der Waals surface area contributed by atoms with Crippen molar-refractivity contribution >= 4 is 0 Å². The lowest BCUT2D eigenvalue weighted by molar-refractivity contribution is 0.231. The molecule has 1 aliphatic rings. The molecular weight excluding hydrogens is 236 g/mol. The molecule has 106 valence electrons. The Morgan fingerprint density at radius 2 is 2.11 bits per heavy atom. The second-order valence-corrected chi connectivity index (χ2v) is 5.17. The van der Waals surface area contributed by atoms with Gasteiger partial charge in [0.05, 0.1) is 7.11 Å². The summed E-state index contributed by atoms with van der Waals surface area (Å²) < 4.78 is 5.56. The summed E-state index contributed by atoms with van der Waals surface area (Å²) in [5.74, 6) is 1.70. The quantitative estimate of drug-likeness (QED) is 0.853. The summed E-state index contributed by atoms with van der Waals surface area (Å²) in [7, 11) is 1.77. The molecule has 1 saturated heterocycles. The van der Waals surface area contributed by atoms with Gasteiger partial charge in [-0.2, -0.15) is 0 Å². The number of methoxy groups -OCH3 is 1. The molecule has 0 bridgehead atoms. The zero-order chi connectivity index (χ0) is 13.7. The lowest BCUT2D eigenvalue weighted by atomic mass is 9.93. The molecule has 1 heterocycles. The van der Waals surface area contributed by atoms with Gasteiger partial charge in [0.1, 0.15) is 5.75 Å². The molecular formula is C16H26N2O. The van der Waals surface area contributed by atoms with Gasteiger partial charge in [0.15, 0.2) is 0 Å². The van der Waals surface area contributed by atoms with Crippen LogP contribution in [0.4, 0.5) is 0 Å². The van der Waals surface area contributed by atoms with Crippen LogP contribution in [0.25, 0.3) is 0 Å².